The van der Waals surface area contributed by atoms with Crippen LogP contribution in [0.15, 0.2) is 29.2 Å². The van der Waals surface area contributed by atoms with Crippen molar-refractivity contribution in [1.82, 2.24) is 0 Å². The van der Waals surface area contributed by atoms with Crippen molar-refractivity contribution in [1.29, 1.82) is 0 Å². The molecule has 2 rings (SSSR count). The highest BCUT2D eigenvalue weighted by atomic mass is 32.2. The Morgan fingerprint density at radius 2 is 2.15 bits per heavy atom. The lowest BCUT2D eigenvalue weighted by Gasteiger charge is -1.99. The molecule has 0 bridgehead atoms. The van der Waals surface area contributed by atoms with Crippen molar-refractivity contribution >= 4 is 9.84 Å². The highest BCUT2D eigenvalue weighted by molar-refractivity contribution is 7.90. The van der Waals surface area contributed by atoms with E-state index in [4.69, 9.17) is 4.74 Å². The minimum absolute atomic E-state index is 0.113. The van der Waals surface area contributed by atoms with Crippen LogP contribution in [0.25, 0.3) is 0 Å². The SMILES string of the molecule is CS(=O)(=O)c1cccc([C@H]2CO2)c1. The van der Waals surface area contributed by atoms with E-state index < -0.39 is 9.84 Å². The molecule has 4 heteroatoms. The quantitative estimate of drug-likeness (QED) is 0.670. The fraction of sp³-hybridized carbons (Fsp3) is 0.333. The van der Waals surface area contributed by atoms with Crippen molar-refractivity contribution < 1.29 is 13.2 Å². The first-order valence-electron chi connectivity index (χ1n) is 3.99. The topological polar surface area (TPSA) is 46.7 Å². The molecule has 1 aliphatic rings. The Kier molecular flexibility index (Phi) is 1.89. The van der Waals surface area contributed by atoms with Crippen molar-refractivity contribution in [2.45, 2.75) is 11.0 Å². The van der Waals surface area contributed by atoms with E-state index in [1.165, 1.54) is 6.26 Å². The maximum Gasteiger partial charge on any atom is 0.175 e. The monoisotopic (exact) mass is 198 g/mol. The fourth-order valence-electron chi connectivity index (χ4n) is 1.19. The second-order valence-corrected chi connectivity index (χ2v) is 5.18. The average Bonchev–Trinajstić information content (AvgIpc) is 2.85. The predicted molar refractivity (Wildman–Crippen MR) is 48.2 cm³/mol. The molecule has 0 aliphatic carbocycles. The molecule has 1 atom stereocenters. The lowest BCUT2D eigenvalue weighted by atomic mass is 10.2. The number of ether oxygens (including phenoxy) is 1. The van der Waals surface area contributed by atoms with Crippen LogP contribution in [0, 0.1) is 0 Å². The molecule has 3 nitrogen and oxygen atoms in total. The zero-order chi connectivity index (χ0) is 9.47. The van der Waals surface area contributed by atoms with E-state index in [0.717, 1.165) is 5.56 Å². The lowest BCUT2D eigenvalue weighted by molar-refractivity contribution is 0.415. The van der Waals surface area contributed by atoms with Gasteiger partial charge in [0.1, 0.15) is 6.10 Å². The van der Waals surface area contributed by atoms with Crippen LogP contribution in [0.1, 0.15) is 11.7 Å². The van der Waals surface area contributed by atoms with Crippen LogP contribution in [0.5, 0.6) is 0 Å². The first kappa shape index (κ1) is 8.72. The number of hydrogen-bond acceptors (Lipinski definition) is 3. The molecule has 0 amide bonds. The van der Waals surface area contributed by atoms with Crippen LogP contribution < -0.4 is 0 Å². The molecule has 1 heterocycles. The summed E-state index contributed by atoms with van der Waals surface area (Å²) in [6.45, 7) is 0.702. The van der Waals surface area contributed by atoms with Gasteiger partial charge in [0.05, 0.1) is 11.5 Å². The minimum Gasteiger partial charge on any atom is -0.368 e. The van der Waals surface area contributed by atoms with Gasteiger partial charge in [-0.25, -0.2) is 8.42 Å². The van der Waals surface area contributed by atoms with Gasteiger partial charge in [-0.1, -0.05) is 12.1 Å². The lowest BCUT2D eigenvalue weighted by Crippen LogP contribution is -1.97. The van der Waals surface area contributed by atoms with Gasteiger partial charge in [0.25, 0.3) is 0 Å². The van der Waals surface area contributed by atoms with Gasteiger partial charge in [-0.15, -0.1) is 0 Å². The third-order valence-electron chi connectivity index (χ3n) is 1.99. The molecular weight excluding hydrogens is 188 g/mol. The molecule has 1 fully saturated rings. The van der Waals surface area contributed by atoms with Crippen LogP contribution in [-0.4, -0.2) is 21.3 Å². The maximum atomic E-state index is 11.2. The number of hydrogen-bond donors (Lipinski definition) is 0. The zero-order valence-electron chi connectivity index (χ0n) is 7.23. The summed E-state index contributed by atoms with van der Waals surface area (Å²) < 4.78 is 27.4. The number of rotatable bonds is 2. The van der Waals surface area contributed by atoms with Crippen LogP contribution in [0.4, 0.5) is 0 Å². The van der Waals surface area contributed by atoms with E-state index in [9.17, 15) is 8.42 Å². The molecule has 1 aromatic rings. The van der Waals surface area contributed by atoms with E-state index >= 15 is 0 Å². The number of benzene rings is 1. The summed E-state index contributed by atoms with van der Waals surface area (Å²) in [7, 11) is -3.09. The highest BCUT2D eigenvalue weighted by Gasteiger charge is 2.25. The molecule has 70 valence electrons. The smallest absolute Gasteiger partial charge is 0.175 e. The Morgan fingerprint density at radius 3 is 2.69 bits per heavy atom. The van der Waals surface area contributed by atoms with Crippen molar-refractivity contribution in [2.75, 3.05) is 12.9 Å². The molecule has 0 saturated carbocycles. The molecular formula is C9H10O3S. The van der Waals surface area contributed by atoms with Crippen molar-refractivity contribution in [3.8, 4) is 0 Å². The van der Waals surface area contributed by atoms with Gasteiger partial charge in [0.2, 0.25) is 0 Å². The van der Waals surface area contributed by atoms with Gasteiger partial charge >= 0.3 is 0 Å². The molecule has 13 heavy (non-hydrogen) atoms. The van der Waals surface area contributed by atoms with Crippen LogP contribution in [-0.2, 0) is 14.6 Å². The van der Waals surface area contributed by atoms with Crippen molar-refractivity contribution in [3.05, 3.63) is 29.8 Å². The standard InChI is InChI=1S/C9H10O3S/c1-13(10,11)8-4-2-3-7(5-8)9-6-12-9/h2-5,9H,6H2,1H3/t9-/m1/s1. The fourth-order valence-corrected chi connectivity index (χ4v) is 1.86. The Labute approximate surface area is 77.3 Å². The molecule has 0 unspecified atom stereocenters. The van der Waals surface area contributed by atoms with Crippen LogP contribution in [0.2, 0.25) is 0 Å². The Morgan fingerprint density at radius 1 is 1.46 bits per heavy atom. The molecule has 0 aromatic heterocycles. The molecule has 1 aliphatic heterocycles. The van der Waals surface area contributed by atoms with E-state index in [-0.39, 0.29) is 6.10 Å². The van der Waals surface area contributed by atoms with Gasteiger partial charge in [-0.2, -0.15) is 0 Å². The third kappa shape index (κ3) is 1.89. The first-order chi connectivity index (χ1) is 6.07. The summed E-state index contributed by atoms with van der Waals surface area (Å²) in [4.78, 5) is 0.362. The van der Waals surface area contributed by atoms with Gasteiger partial charge < -0.3 is 4.74 Å². The van der Waals surface area contributed by atoms with Gasteiger partial charge in [0.15, 0.2) is 9.84 Å². The van der Waals surface area contributed by atoms with Gasteiger partial charge in [-0.05, 0) is 17.7 Å². The Hall–Kier alpha value is -0.870. The van der Waals surface area contributed by atoms with Crippen molar-refractivity contribution in [3.63, 3.8) is 0 Å². The number of epoxide rings is 1. The highest BCUT2D eigenvalue weighted by Crippen LogP contribution is 2.30. The van der Waals surface area contributed by atoms with Gasteiger partial charge in [-0.3, -0.25) is 0 Å². The summed E-state index contributed by atoms with van der Waals surface area (Å²) in [5.74, 6) is 0. The Bertz CT molecular complexity index is 418. The number of sulfone groups is 1. The summed E-state index contributed by atoms with van der Waals surface area (Å²) in [5.41, 5.74) is 0.947. The largest absolute Gasteiger partial charge is 0.368 e. The predicted octanol–water partition coefficient (Wildman–Crippen LogP) is 1.16. The van der Waals surface area contributed by atoms with Gasteiger partial charge in [0, 0.05) is 6.26 Å². The molecule has 1 aromatic carbocycles. The Balaban J connectivity index is 2.43. The van der Waals surface area contributed by atoms with Crippen LogP contribution in [0.3, 0.4) is 0 Å². The molecule has 0 radical (unpaired) electrons. The third-order valence-corrected chi connectivity index (χ3v) is 3.10. The second-order valence-electron chi connectivity index (χ2n) is 3.17. The molecule has 0 spiro atoms. The van der Waals surface area contributed by atoms with E-state index in [2.05, 4.69) is 0 Å². The summed E-state index contributed by atoms with van der Waals surface area (Å²) in [6.07, 6.45) is 1.32. The van der Waals surface area contributed by atoms with Crippen LogP contribution >= 0.6 is 0 Å². The normalized spacial score (nSPS) is 21.5. The summed E-state index contributed by atoms with van der Waals surface area (Å²) in [5, 5.41) is 0. The first-order valence-corrected chi connectivity index (χ1v) is 5.88. The summed E-state index contributed by atoms with van der Waals surface area (Å²) in [6, 6.07) is 6.90. The maximum absolute atomic E-state index is 11.2. The van der Waals surface area contributed by atoms with Crippen molar-refractivity contribution in [2.24, 2.45) is 0 Å². The minimum atomic E-state index is -3.09. The van der Waals surface area contributed by atoms with E-state index in [1.54, 1.807) is 18.2 Å². The molecule has 1 saturated heterocycles. The second kappa shape index (κ2) is 2.82. The zero-order valence-corrected chi connectivity index (χ0v) is 8.04. The van der Waals surface area contributed by atoms with E-state index in [0.29, 0.717) is 11.5 Å². The average molecular weight is 198 g/mol. The molecule has 0 N–H and O–H groups in total. The van der Waals surface area contributed by atoms with E-state index in [1.807, 2.05) is 6.07 Å². The summed E-state index contributed by atoms with van der Waals surface area (Å²) >= 11 is 0.